The van der Waals surface area contributed by atoms with E-state index in [1.54, 1.807) is 0 Å². The SMILES string of the molecule is CCNC(C)c1ccccc1N1CCC2CCCCC2C1. The number of hydrogen-bond acceptors (Lipinski definition) is 2. The van der Waals surface area contributed by atoms with Gasteiger partial charge in [0.1, 0.15) is 0 Å². The molecule has 3 atom stereocenters. The van der Waals surface area contributed by atoms with Gasteiger partial charge in [-0.25, -0.2) is 0 Å². The van der Waals surface area contributed by atoms with Gasteiger partial charge in [0.2, 0.25) is 0 Å². The van der Waals surface area contributed by atoms with Crippen molar-refractivity contribution in [1.82, 2.24) is 5.32 Å². The molecule has 0 spiro atoms. The molecular weight excluding hydrogens is 256 g/mol. The third-order valence-corrected chi connectivity index (χ3v) is 5.55. The largest absolute Gasteiger partial charge is 0.371 e. The molecule has 2 nitrogen and oxygen atoms in total. The summed E-state index contributed by atoms with van der Waals surface area (Å²) in [4.78, 5) is 2.66. The zero-order chi connectivity index (χ0) is 14.7. The lowest BCUT2D eigenvalue weighted by Crippen LogP contribution is -2.42. The summed E-state index contributed by atoms with van der Waals surface area (Å²) in [5.41, 5.74) is 2.93. The van der Waals surface area contributed by atoms with Gasteiger partial charge in [0.25, 0.3) is 0 Å². The lowest BCUT2D eigenvalue weighted by Gasteiger charge is -2.43. The zero-order valence-corrected chi connectivity index (χ0v) is 13.6. The number of piperidine rings is 1. The number of para-hydroxylation sites is 1. The minimum absolute atomic E-state index is 0.440. The van der Waals surface area contributed by atoms with Gasteiger partial charge in [0.05, 0.1) is 0 Å². The van der Waals surface area contributed by atoms with Crippen molar-refractivity contribution in [2.24, 2.45) is 11.8 Å². The molecule has 0 aromatic heterocycles. The Balaban J connectivity index is 1.77. The molecule has 2 fully saturated rings. The molecule has 1 saturated carbocycles. The number of rotatable bonds is 4. The smallest absolute Gasteiger partial charge is 0.0414 e. The fourth-order valence-corrected chi connectivity index (χ4v) is 4.38. The second-order valence-corrected chi connectivity index (χ2v) is 6.88. The third-order valence-electron chi connectivity index (χ3n) is 5.55. The number of fused-ring (bicyclic) bond motifs is 1. The standard InChI is InChI=1S/C19H30N2/c1-3-20-15(2)18-10-6-7-11-19(18)21-13-12-16-8-4-5-9-17(16)14-21/h6-7,10-11,15-17,20H,3-5,8-9,12-14H2,1-2H3. The summed E-state index contributed by atoms with van der Waals surface area (Å²) in [6, 6.07) is 9.45. The molecule has 1 aliphatic heterocycles. The first-order valence-corrected chi connectivity index (χ1v) is 8.87. The lowest BCUT2D eigenvalue weighted by molar-refractivity contribution is 0.202. The second-order valence-electron chi connectivity index (χ2n) is 6.88. The Morgan fingerprint density at radius 1 is 1.14 bits per heavy atom. The van der Waals surface area contributed by atoms with Crippen LogP contribution in [0, 0.1) is 11.8 Å². The molecule has 0 amide bonds. The van der Waals surface area contributed by atoms with Crippen molar-refractivity contribution in [2.45, 2.75) is 52.0 Å². The molecular formula is C19H30N2. The predicted octanol–water partition coefficient (Wildman–Crippen LogP) is 4.37. The summed E-state index contributed by atoms with van der Waals surface area (Å²) in [7, 11) is 0. The van der Waals surface area contributed by atoms with Gasteiger partial charge in [0.15, 0.2) is 0 Å². The van der Waals surface area contributed by atoms with Gasteiger partial charge in [-0.05, 0) is 49.8 Å². The highest BCUT2D eigenvalue weighted by atomic mass is 15.1. The highest BCUT2D eigenvalue weighted by Gasteiger charge is 2.31. The number of nitrogens with one attached hydrogen (secondary N) is 1. The highest BCUT2D eigenvalue weighted by molar-refractivity contribution is 5.55. The van der Waals surface area contributed by atoms with Crippen LogP contribution in [0.2, 0.25) is 0 Å². The average molecular weight is 286 g/mol. The van der Waals surface area contributed by atoms with Crippen LogP contribution in [0.5, 0.6) is 0 Å². The number of hydrogen-bond donors (Lipinski definition) is 1. The van der Waals surface area contributed by atoms with Gasteiger partial charge in [0, 0.05) is 24.8 Å². The minimum Gasteiger partial charge on any atom is -0.371 e. The highest BCUT2D eigenvalue weighted by Crippen LogP contribution is 2.38. The molecule has 3 unspecified atom stereocenters. The third kappa shape index (κ3) is 3.26. The van der Waals surface area contributed by atoms with Gasteiger partial charge in [-0.3, -0.25) is 0 Å². The van der Waals surface area contributed by atoms with Crippen LogP contribution in [0.1, 0.15) is 57.6 Å². The van der Waals surface area contributed by atoms with Crippen molar-refractivity contribution >= 4 is 5.69 Å². The van der Waals surface area contributed by atoms with E-state index >= 15 is 0 Å². The minimum atomic E-state index is 0.440. The summed E-state index contributed by atoms with van der Waals surface area (Å²) in [5, 5.41) is 3.57. The van der Waals surface area contributed by atoms with E-state index in [1.807, 2.05) is 0 Å². The van der Waals surface area contributed by atoms with E-state index in [0.29, 0.717) is 6.04 Å². The molecule has 1 aromatic rings. The van der Waals surface area contributed by atoms with Crippen molar-refractivity contribution < 1.29 is 0 Å². The maximum atomic E-state index is 3.57. The molecule has 21 heavy (non-hydrogen) atoms. The Bertz CT molecular complexity index is 457. The normalized spacial score (nSPS) is 27.2. The molecule has 0 bridgehead atoms. The van der Waals surface area contributed by atoms with E-state index in [2.05, 4.69) is 48.3 Å². The number of benzene rings is 1. The van der Waals surface area contributed by atoms with Crippen molar-refractivity contribution in [3.05, 3.63) is 29.8 Å². The van der Waals surface area contributed by atoms with Crippen molar-refractivity contribution in [3.8, 4) is 0 Å². The van der Waals surface area contributed by atoms with Crippen LogP contribution >= 0.6 is 0 Å². The number of nitrogens with zero attached hydrogens (tertiary/aromatic N) is 1. The van der Waals surface area contributed by atoms with E-state index in [-0.39, 0.29) is 0 Å². The van der Waals surface area contributed by atoms with Crippen molar-refractivity contribution in [2.75, 3.05) is 24.5 Å². The predicted molar refractivity (Wildman–Crippen MR) is 90.8 cm³/mol. The summed E-state index contributed by atoms with van der Waals surface area (Å²) in [6.45, 7) is 8.03. The van der Waals surface area contributed by atoms with Gasteiger partial charge in [-0.15, -0.1) is 0 Å². The average Bonchev–Trinajstić information content (AvgIpc) is 2.54. The molecule has 1 heterocycles. The molecule has 2 aliphatic rings. The van der Waals surface area contributed by atoms with Crippen LogP contribution in [-0.4, -0.2) is 19.6 Å². The van der Waals surface area contributed by atoms with Crippen LogP contribution < -0.4 is 10.2 Å². The Labute approximate surface area is 129 Å². The van der Waals surface area contributed by atoms with E-state index in [1.165, 1.54) is 56.4 Å². The molecule has 2 heteroatoms. The van der Waals surface area contributed by atoms with Gasteiger partial charge < -0.3 is 10.2 Å². The maximum Gasteiger partial charge on any atom is 0.0414 e. The van der Waals surface area contributed by atoms with Crippen molar-refractivity contribution in [3.63, 3.8) is 0 Å². The second kappa shape index (κ2) is 6.83. The topological polar surface area (TPSA) is 15.3 Å². The van der Waals surface area contributed by atoms with Crippen molar-refractivity contribution in [1.29, 1.82) is 0 Å². The summed E-state index contributed by atoms with van der Waals surface area (Å²) < 4.78 is 0. The molecule has 0 radical (unpaired) electrons. The van der Waals surface area contributed by atoms with Crippen LogP contribution in [0.3, 0.4) is 0 Å². The van der Waals surface area contributed by atoms with Gasteiger partial charge in [-0.2, -0.15) is 0 Å². The number of anilines is 1. The Morgan fingerprint density at radius 3 is 2.71 bits per heavy atom. The van der Waals surface area contributed by atoms with E-state index in [9.17, 15) is 0 Å². The Hall–Kier alpha value is -1.02. The molecule has 3 rings (SSSR count). The fourth-order valence-electron chi connectivity index (χ4n) is 4.38. The first-order valence-electron chi connectivity index (χ1n) is 8.87. The van der Waals surface area contributed by atoms with E-state index in [4.69, 9.17) is 0 Å². The zero-order valence-electron chi connectivity index (χ0n) is 13.6. The Morgan fingerprint density at radius 2 is 1.90 bits per heavy atom. The first kappa shape index (κ1) is 14.9. The summed E-state index contributed by atoms with van der Waals surface area (Å²) in [6.07, 6.45) is 7.24. The van der Waals surface area contributed by atoms with Crippen LogP contribution in [-0.2, 0) is 0 Å². The molecule has 1 N–H and O–H groups in total. The van der Waals surface area contributed by atoms with E-state index in [0.717, 1.165) is 18.4 Å². The molecule has 1 aromatic carbocycles. The van der Waals surface area contributed by atoms with Gasteiger partial charge >= 0.3 is 0 Å². The summed E-state index contributed by atoms with van der Waals surface area (Å²) >= 11 is 0. The van der Waals surface area contributed by atoms with Crippen LogP contribution in [0.15, 0.2) is 24.3 Å². The van der Waals surface area contributed by atoms with Crippen LogP contribution in [0.4, 0.5) is 5.69 Å². The lowest BCUT2D eigenvalue weighted by atomic mass is 9.75. The Kier molecular flexibility index (Phi) is 4.84. The first-order chi connectivity index (χ1) is 10.3. The molecule has 1 saturated heterocycles. The quantitative estimate of drug-likeness (QED) is 0.884. The summed E-state index contributed by atoms with van der Waals surface area (Å²) in [5.74, 6) is 1.95. The van der Waals surface area contributed by atoms with Crippen LogP contribution in [0.25, 0.3) is 0 Å². The maximum absolute atomic E-state index is 3.57. The monoisotopic (exact) mass is 286 g/mol. The molecule has 1 aliphatic carbocycles. The molecule has 116 valence electrons. The fraction of sp³-hybridized carbons (Fsp3) is 0.684. The van der Waals surface area contributed by atoms with Gasteiger partial charge in [-0.1, -0.05) is 44.4 Å². The van der Waals surface area contributed by atoms with E-state index < -0.39 is 0 Å².